The third-order valence-corrected chi connectivity index (χ3v) is 1.08. The average molecular weight is 202 g/mol. The Labute approximate surface area is 77.3 Å². The van der Waals surface area contributed by atoms with E-state index in [1.165, 1.54) is 11.5 Å². The SMILES string of the molecule is O=C(O)/C=C\C(=O)O.c1csnn1. The van der Waals surface area contributed by atoms with Crippen LogP contribution < -0.4 is 0 Å². The fourth-order valence-corrected chi connectivity index (χ4v) is 0.551. The zero-order valence-electron chi connectivity index (χ0n) is 6.32. The molecule has 1 aromatic rings. The molecule has 0 saturated heterocycles. The molecule has 7 heteroatoms. The van der Waals surface area contributed by atoms with Crippen molar-refractivity contribution in [2.45, 2.75) is 0 Å². The predicted octanol–water partition coefficient (Wildman–Crippen LogP) is 0.250. The molecule has 0 amide bonds. The first-order valence-electron chi connectivity index (χ1n) is 2.98. The lowest BCUT2D eigenvalue weighted by molar-refractivity contribution is -0.134. The Morgan fingerprint density at radius 2 is 1.77 bits per heavy atom. The average Bonchev–Trinajstić information content (AvgIpc) is 2.57. The maximum atomic E-state index is 9.55. The van der Waals surface area contributed by atoms with Crippen LogP contribution in [0.2, 0.25) is 0 Å². The summed E-state index contributed by atoms with van der Waals surface area (Å²) in [7, 11) is 0. The smallest absolute Gasteiger partial charge is 0.328 e. The van der Waals surface area contributed by atoms with Gasteiger partial charge in [0.05, 0.1) is 6.20 Å². The van der Waals surface area contributed by atoms with Crippen molar-refractivity contribution in [3.8, 4) is 0 Å². The molecule has 0 aliphatic rings. The van der Waals surface area contributed by atoms with Crippen molar-refractivity contribution in [3.63, 3.8) is 0 Å². The molecule has 0 aromatic carbocycles. The molecule has 13 heavy (non-hydrogen) atoms. The second-order valence-electron chi connectivity index (χ2n) is 1.60. The van der Waals surface area contributed by atoms with E-state index in [9.17, 15) is 9.59 Å². The van der Waals surface area contributed by atoms with E-state index >= 15 is 0 Å². The molecule has 0 radical (unpaired) electrons. The Kier molecular flexibility index (Phi) is 5.98. The summed E-state index contributed by atoms with van der Waals surface area (Å²) in [5.74, 6) is -2.51. The van der Waals surface area contributed by atoms with Crippen molar-refractivity contribution in [3.05, 3.63) is 23.7 Å². The number of carbonyl (C=O) groups is 2. The van der Waals surface area contributed by atoms with Gasteiger partial charge in [0.15, 0.2) is 0 Å². The highest BCUT2D eigenvalue weighted by Gasteiger charge is 1.88. The normalized spacial score (nSPS) is 8.92. The van der Waals surface area contributed by atoms with Gasteiger partial charge in [0.25, 0.3) is 0 Å². The summed E-state index contributed by atoms with van der Waals surface area (Å²) < 4.78 is 3.51. The van der Waals surface area contributed by atoms with Crippen LogP contribution in [-0.4, -0.2) is 31.7 Å². The summed E-state index contributed by atoms with van der Waals surface area (Å²) in [6, 6.07) is 0. The first-order valence-corrected chi connectivity index (χ1v) is 3.81. The molecule has 2 N–H and O–H groups in total. The molecule has 0 spiro atoms. The molecule has 70 valence electrons. The topological polar surface area (TPSA) is 100 Å². The van der Waals surface area contributed by atoms with Crippen molar-refractivity contribution >= 4 is 23.5 Å². The fraction of sp³-hybridized carbons (Fsp3) is 0. The first-order chi connectivity index (χ1) is 6.13. The predicted molar refractivity (Wildman–Crippen MR) is 44.3 cm³/mol. The molecule has 0 atom stereocenters. The third kappa shape index (κ3) is 10.2. The van der Waals surface area contributed by atoms with Gasteiger partial charge >= 0.3 is 11.9 Å². The largest absolute Gasteiger partial charge is 0.478 e. The standard InChI is InChI=1S/C4H4O4.C2H2N2S/c5-3(6)1-2-4(7)8;1-2-5-4-3-1/h1-2H,(H,5,6)(H,7,8);1-2H/b2-1-;. The van der Waals surface area contributed by atoms with Crippen LogP contribution in [0.1, 0.15) is 0 Å². The lowest BCUT2D eigenvalue weighted by atomic mass is 10.5. The number of carboxylic acids is 2. The zero-order chi connectivity index (χ0) is 10.1. The number of carboxylic acid groups (broad SMARTS) is 2. The summed E-state index contributed by atoms with van der Waals surface area (Å²) in [5, 5.41) is 20.9. The van der Waals surface area contributed by atoms with E-state index in [-0.39, 0.29) is 0 Å². The molecular formula is C6H6N2O4S. The molecular weight excluding hydrogens is 196 g/mol. The quantitative estimate of drug-likeness (QED) is 0.666. The molecule has 0 bridgehead atoms. The minimum absolute atomic E-state index is 0.558. The first kappa shape index (κ1) is 11.2. The minimum Gasteiger partial charge on any atom is -0.478 e. The molecule has 1 heterocycles. The van der Waals surface area contributed by atoms with Crippen LogP contribution in [0.5, 0.6) is 0 Å². The Balaban J connectivity index is 0.000000243. The van der Waals surface area contributed by atoms with Crippen molar-refractivity contribution < 1.29 is 19.8 Å². The highest BCUT2D eigenvalue weighted by molar-refractivity contribution is 7.03. The summed E-state index contributed by atoms with van der Waals surface area (Å²) >= 11 is 1.35. The van der Waals surface area contributed by atoms with Gasteiger partial charge in [-0.05, 0) is 11.5 Å². The second kappa shape index (κ2) is 6.92. The summed E-state index contributed by atoms with van der Waals surface area (Å²) in [4.78, 5) is 19.1. The number of nitrogens with zero attached hydrogens (tertiary/aromatic N) is 2. The molecule has 0 fully saturated rings. The van der Waals surface area contributed by atoms with E-state index in [2.05, 4.69) is 9.59 Å². The Morgan fingerprint density at radius 1 is 1.23 bits per heavy atom. The van der Waals surface area contributed by atoms with Gasteiger partial charge in [0.2, 0.25) is 0 Å². The van der Waals surface area contributed by atoms with Crippen molar-refractivity contribution in [1.82, 2.24) is 9.59 Å². The van der Waals surface area contributed by atoms with Crippen LogP contribution in [-0.2, 0) is 9.59 Å². The molecule has 0 saturated carbocycles. The second-order valence-corrected chi connectivity index (χ2v) is 2.24. The third-order valence-electron chi connectivity index (χ3n) is 0.651. The van der Waals surface area contributed by atoms with Crippen LogP contribution in [0.3, 0.4) is 0 Å². The number of aliphatic carboxylic acids is 2. The van der Waals surface area contributed by atoms with Gasteiger partial charge in [-0.15, -0.1) is 5.10 Å². The molecule has 1 aromatic heterocycles. The lowest BCUT2D eigenvalue weighted by Crippen LogP contribution is -1.91. The van der Waals surface area contributed by atoms with Gasteiger partial charge in [-0.2, -0.15) is 0 Å². The summed E-state index contributed by atoms with van der Waals surface area (Å²) in [6.07, 6.45) is 2.77. The Hall–Kier alpha value is -1.76. The zero-order valence-corrected chi connectivity index (χ0v) is 7.14. The van der Waals surface area contributed by atoms with E-state index in [0.717, 1.165) is 0 Å². The van der Waals surface area contributed by atoms with E-state index in [1.807, 2.05) is 5.38 Å². The van der Waals surface area contributed by atoms with Gasteiger partial charge in [-0.3, -0.25) is 0 Å². The van der Waals surface area contributed by atoms with Crippen molar-refractivity contribution in [1.29, 1.82) is 0 Å². The number of rotatable bonds is 2. The number of hydrogen-bond donors (Lipinski definition) is 2. The van der Waals surface area contributed by atoms with Gasteiger partial charge < -0.3 is 10.2 Å². The monoisotopic (exact) mass is 202 g/mol. The van der Waals surface area contributed by atoms with Crippen LogP contribution in [0.15, 0.2) is 23.7 Å². The number of hydrogen-bond acceptors (Lipinski definition) is 5. The maximum absolute atomic E-state index is 9.55. The van der Waals surface area contributed by atoms with Gasteiger partial charge in [-0.1, -0.05) is 4.49 Å². The minimum atomic E-state index is -1.26. The molecule has 0 aliphatic heterocycles. The molecule has 0 aliphatic carbocycles. The van der Waals surface area contributed by atoms with Gasteiger partial charge in [-0.25, -0.2) is 9.59 Å². The molecule has 1 rings (SSSR count). The van der Waals surface area contributed by atoms with E-state index in [1.54, 1.807) is 6.20 Å². The van der Waals surface area contributed by atoms with Crippen LogP contribution in [0, 0.1) is 0 Å². The summed E-state index contributed by atoms with van der Waals surface area (Å²) in [6.45, 7) is 0. The summed E-state index contributed by atoms with van der Waals surface area (Å²) in [5.41, 5.74) is 0. The maximum Gasteiger partial charge on any atom is 0.328 e. The van der Waals surface area contributed by atoms with Crippen molar-refractivity contribution in [2.24, 2.45) is 0 Å². The van der Waals surface area contributed by atoms with Crippen LogP contribution in [0.25, 0.3) is 0 Å². The Bertz CT molecular complexity index is 250. The highest BCUT2D eigenvalue weighted by atomic mass is 32.1. The van der Waals surface area contributed by atoms with Gasteiger partial charge in [0, 0.05) is 17.5 Å². The van der Waals surface area contributed by atoms with Crippen molar-refractivity contribution in [2.75, 3.05) is 0 Å². The Morgan fingerprint density at radius 3 is 1.92 bits per heavy atom. The molecule has 6 nitrogen and oxygen atoms in total. The van der Waals surface area contributed by atoms with Crippen LogP contribution in [0.4, 0.5) is 0 Å². The van der Waals surface area contributed by atoms with Crippen LogP contribution >= 0.6 is 11.5 Å². The van der Waals surface area contributed by atoms with E-state index in [0.29, 0.717) is 12.2 Å². The highest BCUT2D eigenvalue weighted by Crippen LogP contribution is 1.78. The number of aromatic nitrogens is 2. The fourth-order valence-electron chi connectivity index (χ4n) is 0.279. The lowest BCUT2D eigenvalue weighted by Gasteiger charge is -1.74. The van der Waals surface area contributed by atoms with E-state index in [4.69, 9.17) is 10.2 Å². The molecule has 0 unspecified atom stereocenters. The van der Waals surface area contributed by atoms with Gasteiger partial charge in [0.1, 0.15) is 0 Å². The van der Waals surface area contributed by atoms with E-state index < -0.39 is 11.9 Å².